The SMILES string of the molecule is C[C@H]1C[C@](N)(Nc2cc(F)ccc2-c2ccc(S(C)(=O)=O)cc2)CCN1Cc1ccccc1. The molecular formula is C26H30FN3O2S. The average Bonchev–Trinajstić information content (AvgIpc) is 2.76. The molecule has 2 atom stereocenters. The van der Waals surface area contributed by atoms with Crippen molar-refractivity contribution < 1.29 is 12.8 Å². The maximum atomic E-state index is 14.2. The molecule has 7 heteroatoms. The first-order valence-electron chi connectivity index (χ1n) is 11.1. The second-order valence-corrected chi connectivity index (χ2v) is 11.0. The minimum absolute atomic E-state index is 0.248. The number of sulfone groups is 1. The Bertz CT molecular complexity index is 1220. The normalized spacial score (nSPS) is 21.6. The number of benzene rings is 3. The van der Waals surface area contributed by atoms with Gasteiger partial charge in [0, 0.05) is 36.6 Å². The summed E-state index contributed by atoms with van der Waals surface area (Å²) in [7, 11) is -3.29. The Morgan fingerprint density at radius 3 is 2.42 bits per heavy atom. The zero-order valence-electron chi connectivity index (χ0n) is 19.0. The van der Waals surface area contributed by atoms with Crippen LogP contribution in [0.1, 0.15) is 25.3 Å². The summed E-state index contributed by atoms with van der Waals surface area (Å²) in [5.41, 5.74) is 9.55. The Morgan fingerprint density at radius 1 is 1.09 bits per heavy atom. The monoisotopic (exact) mass is 467 g/mol. The van der Waals surface area contributed by atoms with E-state index in [0.717, 1.165) is 24.2 Å². The molecule has 0 unspecified atom stereocenters. The van der Waals surface area contributed by atoms with Gasteiger partial charge in [-0.1, -0.05) is 42.5 Å². The largest absolute Gasteiger partial charge is 0.367 e. The van der Waals surface area contributed by atoms with Gasteiger partial charge in [-0.25, -0.2) is 12.8 Å². The lowest BCUT2D eigenvalue weighted by atomic mass is 9.90. The molecule has 5 nitrogen and oxygen atoms in total. The summed E-state index contributed by atoms with van der Waals surface area (Å²) < 4.78 is 37.7. The van der Waals surface area contributed by atoms with E-state index >= 15 is 0 Å². The van der Waals surface area contributed by atoms with Crippen molar-refractivity contribution in [3.05, 3.63) is 84.2 Å². The van der Waals surface area contributed by atoms with Crippen molar-refractivity contribution in [3.63, 3.8) is 0 Å². The molecule has 0 amide bonds. The topological polar surface area (TPSA) is 75.4 Å². The quantitative estimate of drug-likeness (QED) is 0.516. The Hall–Kier alpha value is -2.74. The van der Waals surface area contributed by atoms with Crippen LogP contribution in [0.25, 0.3) is 11.1 Å². The molecule has 0 aliphatic carbocycles. The fourth-order valence-electron chi connectivity index (χ4n) is 4.51. The van der Waals surface area contributed by atoms with Crippen LogP contribution in [0.15, 0.2) is 77.7 Å². The van der Waals surface area contributed by atoms with E-state index in [1.54, 1.807) is 30.3 Å². The molecule has 1 saturated heterocycles. The third-order valence-electron chi connectivity index (χ3n) is 6.32. The van der Waals surface area contributed by atoms with Gasteiger partial charge in [0.15, 0.2) is 9.84 Å². The van der Waals surface area contributed by atoms with Crippen molar-refractivity contribution in [1.82, 2.24) is 4.90 Å². The summed E-state index contributed by atoms with van der Waals surface area (Å²) in [5, 5.41) is 3.42. The summed E-state index contributed by atoms with van der Waals surface area (Å²) in [6.07, 6.45) is 2.60. The lowest BCUT2D eigenvalue weighted by Crippen LogP contribution is -2.58. The van der Waals surface area contributed by atoms with E-state index in [0.29, 0.717) is 18.5 Å². The van der Waals surface area contributed by atoms with Crippen molar-refractivity contribution in [2.75, 3.05) is 18.1 Å². The predicted octanol–water partition coefficient (Wildman–Crippen LogP) is 4.65. The molecule has 0 bridgehead atoms. The van der Waals surface area contributed by atoms with E-state index < -0.39 is 15.5 Å². The van der Waals surface area contributed by atoms with Crippen LogP contribution in [0.4, 0.5) is 10.1 Å². The van der Waals surface area contributed by atoms with Crippen LogP contribution in [-0.2, 0) is 16.4 Å². The van der Waals surface area contributed by atoms with Crippen molar-refractivity contribution in [1.29, 1.82) is 0 Å². The lowest BCUT2D eigenvalue weighted by molar-refractivity contribution is 0.110. The fraction of sp³-hybridized carbons (Fsp3) is 0.308. The summed E-state index contributed by atoms with van der Waals surface area (Å²) in [4.78, 5) is 2.66. The molecule has 0 saturated carbocycles. The molecule has 0 spiro atoms. The minimum Gasteiger partial charge on any atom is -0.367 e. The number of piperidine rings is 1. The number of nitrogens with zero attached hydrogens (tertiary/aromatic N) is 1. The fourth-order valence-corrected chi connectivity index (χ4v) is 5.14. The second kappa shape index (κ2) is 9.25. The molecule has 1 fully saturated rings. The van der Waals surface area contributed by atoms with Crippen LogP contribution < -0.4 is 11.1 Å². The number of rotatable bonds is 6. The number of nitrogens with one attached hydrogen (secondary N) is 1. The van der Waals surface area contributed by atoms with Crippen LogP contribution in [0.5, 0.6) is 0 Å². The first-order chi connectivity index (χ1) is 15.6. The number of halogens is 1. The molecule has 0 radical (unpaired) electrons. The van der Waals surface area contributed by atoms with E-state index in [2.05, 4.69) is 29.3 Å². The van der Waals surface area contributed by atoms with Gasteiger partial charge in [0.05, 0.1) is 10.6 Å². The zero-order chi connectivity index (χ0) is 23.6. The van der Waals surface area contributed by atoms with E-state index in [1.807, 2.05) is 18.2 Å². The predicted molar refractivity (Wildman–Crippen MR) is 131 cm³/mol. The van der Waals surface area contributed by atoms with Crippen LogP contribution in [0.2, 0.25) is 0 Å². The number of anilines is 1. The Kier molecular flexibility index (Phi) is 6.56. The van der Waals surface area contributed by atoms with Gasteiger partial charge in [0.1, 0.15) is 5.82 Å². The second-order valence-electron chi connectivity index (χ2n) is 9.03. The van der Waals surface area contributed by atoms with Crippen molar-refractivity contribution in [2.24, 2.45) is 5.73 Å². The average molecular weight is 468 g/mol. The molecule has 3 N–H and O–H groups in total. The van der Waals surface area contributed by atoms with Gasteiger partial charge >= 0.3 is 0 Å². The summed E-state index contributed by atoms with van der Waals surface area (Å²) in [6, 6.07) is 21.8. The Balaban J connectivity index is 1.53. The van der Waals surface area contributed by atoms with E-state index in [4.69, 9.17) is 5.73 Å². The maximum absolute atomic E-state index is 14.2. The van der Waals surface area contributed by atoms with Gasteiger partial charge in [-0.3, -0.25) is 4.90 Å². The van der Waals surface area contributed by atoms with Gasteiger partial charge < -0.3 is 11.1 Å². The highest BCUT2D eigenvalue weighted by Crippen LogP contribution is 2.34. The Labute approximate surface area is 195 Å². The number of hydrogen-bond acceptors (Lipinski definition) is 5. The third-order valence-corrected chi connectivity index (χ3v) is 7.44. The molecule has 0 aromatic heterocycles. The van der Waals surface area contributed by atoms with E-state index in [9.17, 15) is 12.8 Å². The minimum atomic E-state index is -3.29. The van der Waals surface area contributed by atoms with Gasteiger partial charge in [-0.05, 0) is 61.2 Å². The van der Waals surface area contributed by atoms with Gasteiger partial charge in [-0.15, -0.1) is 0 Å². The van der Waals surface area contributed by atoms with Crippen LogP contribution in [-0.4, -0.2) is 37.8 Å². The molecule has 1 heterocycles. The highest BCUT2D eigenvalue weighted by molar-refractivity contribution is 7.90. The van der Waals surface area contributed by atoms with E-state index in [-0.39, 0.29) is 16.8 Å². The number of nitrogens with two attached hydrogens (primary N) is 1. The highest BCUT2D eigenvalue weighted by atomic mass is 32.2. The molecule has 174 valence electrons. The molecule has 1 aliphatic rings. The number of hydrogen-bond donors (Lipinski definition) is 2. The summed E-state index contributed by atoms with van der Waals surface area (Å²) >= 11 is 0. The van der Waals surface area contributed by atoms with Crippen LogP contribution >= 0.6 is 0 Å². The maximum Gasteiger partial charge on any atom is 0.175 e. The van der Waals surface area contributed by atoms with Gasteiger partial charge in [0.2, 0.25) is 0 Å². The molecule has 3 aromatic carbocycles. The summed E-state index contributed by atoms with van der Waals surface area (Å²) in [5.74, 6) is -0.354. The van der Waals surface area contributed by atoms with Crippen LogP contribution in [0.3, 0.4) is 0 Å². The third kappa shape index (κ3) is 5.61. The van der Waals surface area contributed by atoms with Crippen molar-refractivity contribution >= 4 is 15.5 Å². The molecule has 4 rings (SSSR count). The number of likely N-dealkylation sites (tertiary alicyclic amines) is 1. The van der Waals surface area contributed by atoms with Gasteiger partial charge in [0.25, 0.3) is 0 Å². The first kappa shape index (κ1) is 23.4. The molecule has 1 aliphatic heterocycles. The molecule has 33 heavy (non-hydrogen) atoms. The smallest absolute Gasteiger partial charge is 0.175 e. The van der Waals surface area contributed by atoms with Crippen molar-refractivity contribution in [2.45, 2.75) is 42.9 Å². The van der Waals surface area contributed by atoms with E-state index in [1.165, 1.54) is 24.0 Å². The molecule has 3 aromatic rings. The lowest BCUT2D eigenvalue weighted by Gasteiger charge is -2.44. The first-order valence-corrected chi connectivity index (χ1v) is 13.0. The Morgan fingerprint density at radius 2 is 1.79 bits per heavy atom. The summed E-state index contributed by atoms with van der Waals surface area (Å²) in [6.45, 7) is 3.87. The van der Waals surface area contributed by atoms with Gasteiger partial charge in [-0.2, -0.15) is 0 Å². The molecular weight excluding hydrogens is 437 g/mol. The van der Waals surface area contributed by atoms with Crippen LogP contribution in [0, 0.1) is 5.82 Å². The van der Waals surface area contributed by atoms with Crippen molar-refractivity contribution in [3.8, 4) is 11.1 Å². The zero-order valence-corrected chi connectivity index (χ0v) is 19.8. The standard InChI is InChI=1S/C26H30FN3O2S/c1-19-17-26(28,14-15-30(19)18-20-6-4-3-5-7-20)29-25-16-22(27)10-13-24(25)21-8-11-23(12-9-21)33(2,31)32/h3-13,16,19,29H,14-15,17-18,28H2,1-2H3/t19-,26+/m0/s1. The highest BCUT2D eigenvalue weighted by Gasteiger charge is 2.35.